The lowest BCUT2D eigenvalue weighted by molar-refractivity contribution is 0.0178. The van der Waals surface area contributed by atoms with Crippen LogP contribution >= 0.6 is 0 Å². The predicted octanol–water partition coefficient (Wildman–Crippen LogP) is 0.167. The number of nitrogens with zero attached hydrogens (tertiary/aromatic N) is 3. The lowest BCUT2D eigenvalue weighted by Gasteiger charge is -2.31. The number of aliphatic hydroxyl groups is 1. The summed E-state index contributed by atoms with van der Waals surface area (Å²) in [4.78, 5) is 4.72. The van der Waals surface area contributed by atoms with Gasteiger partial charge in [-0.15, -0.1) is 0 Å². The summed E-state index contributed by atoms with van der Waals surface area (Å²) in [6.45, 7) is 7.43. The minimum atomic E-state index is -0.449. The third-order valence-electron chi connectivity index (χ3n) is 4.10. The van der Waals surface area contributed by atoms with Crippen LogP contribution in [0.2, 0.25) is 0 Å². The van der Waals surface area contributed by atoms with Crippen molar-refractivity contribution >= 4 is 0 Å². The highest BCUT2D eigenvalue weighted by Gasteiger charge is 2.16. The molecule has 1 fully saturated rings. The van der Waals surface area contributed by atoms with Crippen molar-refractivity contribution in [1.29, 1.82) is 0 Å². The zero-order valence-corrected chi connectivity index (χ0v) is 13.8. The molecule has 0 bridgehead atoms. The average molecular weight is 311 g/mol. The van der Waals surface area contributed by atoms with E-state index in [2.05, 4.69) is 39.7 Å². The molecule has 6 nitrogen and oxygen atoms in total. The summed E-state index contributed by atoms with van der Waals surface area (Å²) < 4.78 is 12.6. The van der Waals surface area contributed by atoms with Gasteiger partial charge in [-0.2, -0.15) is 0 Å². The Kier molecular flexibility index (Phi) is 7.35. The molecule has 1 aromatic rings. The zero-order chi connectivity index (χ0) is 15.8. The van der Waals surface area contributed by atoms with Crippen molar-refractivity contribution in [3.05, 3.63) is 24.0 Å². The Morgan fingerprint density at radius 2 is 2.18 bits per heavy atom. The van der Waals surface area contributed by atoms with Gasteiger partial charge in [0.15, 0.2) is 0 Å². The average Bonchev–Trinajstić information content (AvgIpc) is 2.91. The molecule has 0 radical (unpaired) electrons. The first kappa shape index (κ1) is 17.4. The van der Waals surface area contributed by atoms with Crippen LogP contribution in [0.15, 0.2) is 18.3 Å². The molecule has 1 saturated heterocycles. The molecule has 1 aliphatic rings. The monoisotopic (exact) mass is 311 g/mol. The van der Waals surface area contributed by atoms with Gasteiger partial charge >= 0.3 is 0 Å². The third kappa shape index (κ3) is 5.70. The molecule has 0 spiro atoms. The number of hydrogen-bond donors (Lipinski definition) is 1. The van der Waals surface area contributed by atoms with E-state index < -0.39 is 6.10 Å². The number of aliphatic hydroxyl groups excluding tert-OH is 1. The Hall–Kier alpha value is -0.920. The molecular weight excluding hydrogens is 282 g/mol. The molecule has 1 atom stereocenters. The van der Waals surface area contributed by atoms with Crippen LogP contribution < -0.4 is 0 Å². The van der Waals surface area contributed by atoms with E-state index >= 15 is 0 Å². The van der Waals surface area contributed by atoms with Gasteiger partial charge in [0.25, 0.3) is 0 Å². The topological polar surface area (TPSA) is 50.1 Å². The van der Waals surface area contributed by atoms with E-state index in [1.807, 2.05) is 0 Å². The summed E-state index contributed by atoms with van der Waals surface area (Å²) in [5, 5.41) is 10.0. The maximum absolute atomic E-state index is 10.0. The Labute approximate surface area is 133 Å². The minimum absolute atomic E-state index is 0.376. The van der Waals surface area contributed by atoms with Gasteiger partial charge in [-0.3, -0.25) is 9.80 Å². The van der Waals surface area contributed by atoms with Crippen LogP contribution in [0, 0.1) is 0 Å². The van der Waals surface area contributed by atoms with Crippen LogP contribution in [-0.2, 0) is 23.1 Å². The van der Waals surface area contributed by atoms with Crippen LogP contribution in [0.4, 0.5) is 0 Å². The fourth-order valence-corrected chi connectivity index (χ4v) is 2.78. The van der Waals surface area contributed by atoms with Crippen molar-refractivity contribution in [3.8, 4) is 0 Å². The number of ether oxygens (including phenoxy) is 2. The number of aryl methyl sites for hydroxylation is 1. The van der Waals surface area contributed by atoms with E-state index in [1.54, 1.807) is 7.11 Å². The lowest BCUT2D eigenvalue weighted by atomic mass is 10.3. The Morgan fingerprint density at radius 1 is 1.41 bits per heavy atom. The van der Waals surface area contributed by atoms with Gasteiger partial charge in [0, 0.05) is 65.3 Å². The lowest BCUT2D eigenvalue weighted by Crippen LogP contribution is -2.43. The van der Waals surface area contributed by atoms with E-state index in [0.29, 0.717) is 13.2 Å². The molecule has 1 N–H and O–H groups in total. The molecule has 0 amide bonds. The van der Waals surface area contributed by atoms with Gasteiger partial charge in [-0.1, -0.05) is 0 Å². The van der Waals surface area contributed by atoms with E-state index in [0.717, 1.165) is 45.9 Å². The van der Waals surface area contributed by atoms with E-state index in [-0.39, 0.29) is 0 Å². The summed E-state index contributed by atoms with van der Waals surface area (Å²) in [6.07, 6.45) is 1.61. The molecule has 1 unspecified atom stereocenters. The largest absolute Gasteiger partial charge is 0.389 e. The molecule has 1 aromatic heterocycles. The second-order valence-electron chi connectivity index (χ2n) is 5.91. The molecule has 22 heavy (non-hydrogen) atoms. The maximum Gasteiger partial charge on any atom is 0.0900 e. The highest BCUT2D eigenvalue weighted by Crippen LogP contribution is 2.07. The van der Waals surface area contributed by atoms with E-state index in [4.69, 9.17) is 9.47 Å². The second kappa shape index (κ2) is 9.27. The third-order valence-corrected chi connectivity index (χ3v) is 4.10. The van der Waals surface area contributed by atoms with Crippen molar-refractivity contribution in [1.82, 2.24) is 14.4 Å². The highest BCUT2D eigenvalue weighted by molar-refractivity contribution is 5.06. The van der Waals surface area contributed by atoms with Gasteiger partial charge < -0.3 is 19.1 Å². The van der Waals surface area contributed by atoms with E-state index in [1.165, 1.54) is 5.69 Å². The van der Waals surface area contributed by atoms with Gasteiger partial charge in [0.2, 0.25) is 0 Å². The number of rotatable bonds is 9. The van der Waals surface area contributed by atoms with Crippen molar-refractivity contribution in [3.63, 3.8) is 0 Å². The van der Waals surface area contributed by atoms with Crippen molar-refractivity contribution < 1.29 is 14.6 Å². The van der Waals surface area contributed by atoms with Gasteiger partial charge in [-0.25, -0.2) is 0 Å². The number of aromatic nitrogens is 1. The maximum atomic E-state index is 10.0. The number of hydrogen-bond acceptors (Lipinski definition) is 5. The molecule has 126 valence electrons. The first-order chi connectivity index (χ1) is 10.7. The molecule has 2 heterocycles. The first-order valence-electron chi connectivity index (χ1n) is 7.98. The zero-order valence-electron chi connectivity index (χ0n) is 13.8. The summed E-state index contributed by atoms with van der Waals surface area (Å²) in [7, 11) is 3.68. The smallest absolute Gasteiger partial charge is 0.0900 e. The number of methoxy groups -OCH3 is 1. The van der Waals surface area contributed by atoms with Crippen LogP contribution in [-0.4, -0.2) is 85.2 Å². The van der Waals surface area contributed by atoms with Gasteiger partial charge in [0.05, 0.1) is 25.9 Å². The highest BCUT2D eigenvalue weighted by atomic mass is 16.5. The Balaban J connectivity index is 1.86. The molecular formula is C16H29N3O3. The molecule has 0 aliphatic carbocycles. The van der Waals surface area contributed by atoms with E-state index in [9.17, 15) is 5.11 Å². The van der Waals surface area contributed by atoms with Crippen molar-refractivity contribution in [2.75, 3.05) is 59.7 Å². The fraction of sp³-hybridized carbons (Fsp3) is 0.750. The Bertz CT molecular complexity index is 419. The van der Waals surface area contributed by atoms with Crippen LogP contribution in [0.1, 0.15) is 5.69 Å². The van der Waals surface area contributed by atoms with Crippen LogP contribution in [0.3, 0.4) is 0 Å². The van der Waals surface area contributed by atoms with Crippen molar-refractivity contribution in [2.24, 2.45) is 7.05 Å². The standard InChI is InChI=1S/C16H29N3O3/c1-17-5-3-4-15(17)12-19(13-16(20)14-21-2)7-6-18-8-10-22-11-9-18/h3-5,16,20H,6-14H2,1-2H3. The first-order valence-corrected chi connectivity index (χ1v) is 7.98. The molecule has 2 rings (SSSR count). The second-order valence-corrected chi connectivity index (χ2v) is 5.91. The molecule has 0 saturated carbocycles. The van der Waals surface area contributed by atoms with Gasteiger partial charge in [-0.05, 0) is 12.1 Å². The fourth-order valence-electron chi connectivity index (χ4n) is 2.78. The van der Waals surface area contributed by atoms with Crippen molar-refractivity contribution in [2.45, 2.75) is 12.6 Å². The molecule has 6 heteroatoms. The van der Waals surface area contributed by atoms with Gasteiger partial charge in [0.1, 0.15) is 0 Å². The number of morpholine rings is 1. The minimum Gasteiger partial charge on any atom is -0.389 e. The summed E-state index contributed by atoms with van der Waals surface area (Å²) in [5.41, 5.74) is 1.26. The molecule has 1 aliphatic heterocycles. The van der Waals surface area contributed by atoms with Crippen LogP contribution in [0.25, 0.3) is 0 Å². The normalized spacial score (nSPS) is 18.0. The summed E-state index contributed by atoms with van der Waals surface area (Å²) in [6, 6.07) is 4.19. The molecule has 0 aromatic carbocycles. The Morgan fingerprint density at radius 3 is 2.82 bits per heavy atom. The quantitative estimate of drug-likeness (QED) is 0.704. The van der Waals surface area contributed by atoms with Crippen LogP contribution in [0.5, 0.6) is 0 Å². The predicted molar refractivity (Wildman–Crippen MR) is 85.8 cm³/mol. The SMILES string of the molecule is COCC(O)CN(CCN1CCOCC1)Cc1cccn1C. The summed E-state index contributed by atoms with van der Waals surface area (Å²) >= 11 is 0. The summed E-state index contributed by atoms with van der Waals surface area (Å²) in [5.74, 6) is 0.